The largest absolute Gasteiger partial charge is 0.444 e. The fourth-order valence-corrected chi connectivity index (χ4v) is 3.37. The lowest BCUT2D eigenvalue weighted by Gasteiger charge is -2.23. The van der Waals surface area contributed by atoms with Crippen molar-refractivity contribution in [1.29, 1.82) is 0 Å². The van der Waals surface area contributed by atoms with Gasteiger partial charge in [0.05, 0.1) is 5.25 Å². The molecule has 1 heterocycles. The van der Waals surface area contributed by atoms with E-state index in [0.29, 0.717) is 12.8 Å². The van der Waals surface area contributed by atoms with Crippen molar-refractivity contribution in [2.75, 3.05) is 26.2 Å². The monoisotopic (exact) mass is 307 g/mol. The Bertz CT molecular complexity index is 411. The molecule has 0 aliphatic carbocycles. The number of hydrogen-bond donors (Lipinski definition) is 3. The topological polar surface area (TPSA) is 96.5 Å². The summed E-state index contributed by atoms with van der Waals surface area (Å²) in [5.41, 5.74) is -0.557. The fourth-order valence-electron chi connectivity index (χ4n) is 1.90. The van der Waals surface area contributed by atoms with Crippen LogP contribution in [-0.2, 0) is 14.8 Å². The minimum absolute atomic E-state index is 0.172. The quantitative estimate of drug-likeness (QED) is 0.630. The van der Waals surface area contributed by atoms with Crippen LogP contribution in [0.25, 0.3) is 0 Å². The first kappa shape index (κ1) is 17.2. The second kappa shape index (κ2) is 7.24. The Morgan fingerprint density at radius 2 is 1.85 bits per heavy atom. The average molecular weight is 307 g/mol. The molecule has 1 fully saturated rings. The van der Waals surface area contributed by atoms with Gasteiger partial charge in [-0.3, -0.25) is 0 Å². The van der Waals surface area contributed by atoms with E-state index in [1.165, 1.54) is 0 Å². The zero-order chi connectivity index (χ0) is 15.2. The maximum absolute atomic E-state index is 12.0. The van der Waals surface area contributed by atoms with E-state index in [-0.39, 0.29) is 18.3 Å². The highest BCUT2D eigenvalue weighted by atomic mass is 32.2. The molecule has 0 spiro atoms. The van der Waals surface area contributed by atoms with Crippen LogP contribution in [0.15, 0.2) is 0 Å². The zero-order valence-electron chi connectivity index (χ0n) is 12.4. The lowest BCUT2D eigenvalue weighted by atomic mass is 10.2. The van der Waals surface area contributed by atoms with Gasteiger partial charge >= 0.3 is 6.09 Å². The van der Waals surface area contributed by atoms with Crippen molar-refractivity contribution in [2.45, 2.75) is 44.5 Å². The van der Waals surface area contributed by atoms with Crippen LogP contribution >= 0.6 is 0 Å². The number of carbonyl (C=O) groups is 1. The molecule has 0 unspecified atom stereocenters. The van der Waals surface area contributed by atoms with Crippen molar-refractivity contribution in [2.24, 2.45) is 0 Å². The van der Waals surface area contributed by atoms with E-state index in [0.717, 1.165) is 13.1 Å². The summed E-state index contributed by atoms with van der Waals surface area (Å²) in [5, 5.41) is 5.30. The average Bonchev–Trinajstić information content (AvgIpc) is 2.34. The van der Waals surface area contributed by atoms with Crippen molar-refractivity contribution in [3.05, 3.63) is 0 Å². The first-order valence-corrected chi connectivity index (χ1v) is 8.41. The lowest BCUT2D eigenvalue weighted by Crippen LogP contribution is -2.44. The van der Waals surface area contributed by atoms with E-state index in [9.17, 15) is 13.2 Å². The van der Waals surface area contributed by atoms with E-state index in [4.69, 9.17) is 4.74 Å². The molecular formula is C12H25N3O4S. The first-order chi connectivity index (χ1) is 9.21. The Hall–Kier alpha value is -0.860. The molecule has 0 aromatic carbocycles. The number of ether oxygens (including phenoxy) is 1. The van der Waals surface area contributed by atoms with Gasteiger partial charge in [-0.1, -0.05) is 0 Å². The molecule has 118 valence electrons. The minimum atomic E-state index is -3.30. The molecule has 8 heteroatoms. The highest BCUT2D eigenvalue weighted by Crippen LogP contribution is 2.11. The number of hydrogen-bond acceptors (Lipinski definition) is 5. The minimum Gasteiger partial charge on any atom is -0.444 e. The van der Waals surface area contributed by atoms with Crippen molar-refractivity contribution in [3.8, 4) is 0 Å². The van der Waals surface area contributed by atoms with E-state index in [1.54, 1.807) is 20.8 Å². The molecule has 0 saturated carbocycles. The second-order valence-electron chi connectivity index (χ2n) is 5.82. The molecule has 1 aliphatic heterocycles. The smallest absolute Gasteiger partial charge is 0.407 e. The Morgan fingerprint density at radius 1 is 1.25 bits per heavy atom. The molecule has 3 N–H and O–H groups in total. The summed E-state index contributed by atoms with van der Waals surface area (Å²) in [6, 6.07) is 0. The molecule has 1 rings (SSSR count). The third kappa shape index (κ3) is 6.53. The fraction of sp³-hybridized carbons (Fsp3) is 0.917. The zero-order valence-corrected chi connectivity index (χ0v) is 13.2. The van der Waals surface area contributed by atoms with Gasteiger partial charge in [-0.25, -0.2) is 17.9 Å². The van der Waals surface area contributed by atoms with Gasteiger partial charge in [0.15, 0.2) is 0 Å². The number of nitrogens with one attached hydrogen (secondary N) is 3. The Morgan fingerprint density at radius 3 is 2.40 bits per heavy atom. The van der Waals surface area contributed by atoms with Crippen molar-refractivity contribution >= 4 is 16.1 Å². The number of sulfonamides is 1. The molecular weight excluding hydrogens is 282 g/mol. The first-order valence-electron chi connectivity index (χ1n) is 6.87. The van der Waals surface area contributed by atoms with Crippen LogP contribution in [0.4, 0.5) is 4.79 Å². The predicted octanol–water partition coefficient (Wildman–Crippen LogP) is 0.183. The van der Waals surface area contributed by atoms with Crippen molar-refractivity contribution in [1.82, 2.24) is 15.4 Å². The van der Waals surface area contributed by atoms with Gasteiger partial charge in [-0.2, -0.15) is 0 Å². The number of rotatable bonds is 5. The molecule has 0 aromatic rings. The summed E-state index contributed by atoms with van der Waals surface area (Å²) in [4.78, 5) is 11.4. The Balaban J connectivity index is 2.24. The van der Waals surface area contributed by atoms with E-state index in [2.05, 4.69) is 15.4 Å². The number of amides is 1. The van der Waals surface area contributed by atoms with Crippen LogP contribution in [0.2, 0.25) is 0 Å². The van der Waals surface area contributed by atoms with Crippen molar-refractivity contribution < 1.29 is 17.9 Å². The van der Waals surface area contributed by atoms with E-state index < -0.39 is 21.7 Å². The van der Waals surface area contributed by atoms with Crippen LogP contribution in [-0.4, -0.2) is 51.5 Å². The van der Waals surface area contributed by atoms with E-state index in [1.807, 2.05) is 0 Å². The van der Waals surface area contributed by atoms with Gasteiger partial charge in [0.1, 0.15) is 5.60 Å². The summed E-state index contributed by atoms with van der Waals surface area (Å²) in [7, 11) is -3.30. The van der Waals surface area contributed by atoms with Gasteiger partial charge in [0, 0.05) is 13.1 Å². The van der Waals surface area contributed by atoms with Gasteiger partial charge in [-0.05, 0) is 46.7 Å². The highest BCUT2D eigenvalue weighted by molar-refractivity contribution is 7.90. The third-order valence-corrected chi connectivity index (χ3v) is 4.78. The summed E-state index contributed by atoms with van der Waals surface area (Å²) in [6.45, 7) is 7.14. The maximum atomic E-state index is 12.0. The van der Waals surface area contributed by atoms with Crippen LogP contribution < -0.4 is 15.4 Å². The molecule has 7 nitrogen and oxygen atoms in total. The summed E-state index contributed by atoms with van der Waals surface area (Å²) >= 11 is 0. The van der Waals surface area contributed by atoms with Gasteiger partial charge in [0.2, 0.25) is 10.0 Å². The van der Waals surface area contributed by atoms with Crippen LogP contribution in [0.3, 0.4) is 0 Å². The summed E-state index contributed by atoms with van der Waals surface area (Å²) in [6.07, 6.45) is 0.697. The molecule has 1 aliphatic rings. The van der Waals surface area contributed by atoms with Crippen LogP contribution in [0.1, 0.15) is 33.6 Å². The molecule has 1 saturated heterocycles. The van der Waals surface area contributed by atoms with Gasteiger partial charge in [0.25, 0.3) is 0 Å². The lowest BCUT2D eigenvalue weighted by molar-refractivity contribution is 0.0529. The van der Waals surface area contributed by atoms with E-state index >= 15 is 0 Å². The van der Waals surface area contributed by atoms with Crippen LogP contribution in [0, 0.1) is 0 Å². The molecule has 0 atom stereocenters. The number of piperidine rings is 1. The molecule has 0 aromatic heterocycles. The molecule has 0 bridgehead atoms. The predicted molar refractivity (Wildman–Crippen MR) is 77.1 cm³/mol. The maximum Gasteiger partial charge on any atom is 0.407 e. The molecule has 1 amide bonds. The standard InChI is InChI=1S/C12H25N3O4S/c1-12(2,3)19-11(16)14-8-9-15-20(17,18)10-4-6-13-7-5-10/h10,13,15H,4-9H2,1-3H3,(H,14,16). The second-order valence-corrected chi connectivity index (χ2v) is 7.86. The van der Waals surface area contributed by atoms with Crippen molar-refractivity contribution in [3.63, 3.8) is 0 Å². The normalized spacial score (nSPS) is 17.8. The summed E-state index contributed by atoms with van der Waals surface area (Å²) < 4.78 is 31.5. The Kier molecular flexibility index (Phi) is 6.22. The SMILES string of the molecule is CC(C)(C)OC(=O)NCCNS(=O)(=O)C1CCNCC1. The Labute approximate surface area is 120 Å². The van der Waals surface area contributed by atoms with Gasteiger partial charge in [-0.15, -0.1) is 0 Å². The van der Waals surface area contributed by atoms with Gasteiger partial charge < -0.3 is 15.4 Å². The summed E-state index contributed by atoms with van der Waals surface area (Å²) in [5.74, 6) is 0. The molecule has 20 heavy (non-hydrogen) atoms. The highest BCUT2D eigenvalue weighted by Gasteiger charge is 2.26. The number of alkyl carbamates (subject to hydrolysis) is 1. The third-order valence-electron chi connectivity index (χ3n) is 2.82. The van der Waals surface area contributed by atoms with Crippen LogP contribution in [0.5, 0.6) is 0 Å². The number of carbonyl (C=O) groups excluding carboxylic acids is 1. The molecule has 0 radical (unpaired) electrons.